The van der Waals surface area contributed by atoms with Gasteiger partial charge >= 0.3 is 0 Å². The molecule has 0 aromatic heterocycles. The lowest BCUT2D eigenvalue weighted by molar-refractivity contribution is -0.141. The first-order chi connectivity index (χ1) is 14.2. The van der Waals surface area contributed by atoms with Crippen LogP contribution in [-0.2, 0) is 32.6 Å². The van der Waals surface area contributed by atoms with Crippen molar-refractivity contribution < 1.29 is 18.0 Å². The predicted molar refractivity (Wildman–Crippen MR) is 117 cm³/mol. The minimum absolute atomic E-state index is 0.200. The maximum Gasteiger partial charge on any atom is 0.243 e. The van der Waals surface area contributed by atoms with Gasteiger partial charge in [0.25, 0.3) is 0 Å². The Morgan fingerprint density at radius 3 is 2.00 bits per heavy atom. The van der Waals surface area contributed by atoms with E-state index in [1.54, 1.807) is 0 Å². The van der Waals surface area contributed by atoms with Crippen LogP contribution in [0.2, 0.25) is 0 Å². The highest BCUT2D eigenvalue weighted by Crippen LogP contribution is 2.15. The van der Waals surface area contributed by atoms with E-state index in [9.17, 15) is 18.0 Å². The molecule has 0 spiro atoms. The maximum absolute atomic E-state index is 13.2. The topological polar surface area (TPSA) is 86.8 Å². The lowest BCUT2D eigenvalue weighted by atomic mass is 10.0. The standard InChI is InChI=1S/C22H29N3O4S/c1-4-23-22(27)20(15-18-11-7-5-8-12-18)25(16-19-13-9-6-10-14-19)21(26)17-24(2)30(3,28)29/h5-14,20H,4,15-17H2,1-3H3,(H,23,27)/t20-/m0/s1. The van der Waals surface area contributed by atoms with E-state index in [4.69, 9.17) is 0 Å². The molecule has 0 fully saturated rings. The van der Waals surface area contributed by atoms with Crippen LogP contribution in [0, 0.1) is 0 Å². The molecule has 162 valence electrons. The molecule has 30 heavy (non-hydrogen) atoms. The third kappa shape index (κ3) is 6.96. The van der Waals surface area contributed by atoms with Crippen LogP contribution in [0.5, 0.6) is 0 Å². The van der Waals surface area contributed by atoms with Gasteiger partial charge in [-0.1, -0.05) is 60.7 Å². The summed E-state index contributed by atoms with van der Waals surface area (Å²) >= 11 is 0. The number of sulfonamides is 1. The van der Waals surface area contributed by atoms with Crippen LogP contribution in [0.1, 0.15) is 18.1 Å². The van der Waals surface area contributed by atoms with E-state index in [0.29, 0.717) is 13.0 Å². The number of rotatable bonds is 10. The molecule has 0 aliphatic rings. The summed E-state index contributed by atoms with van der Waals surface area (Å²) in [6.07, 6.45) is 1.38. The average molecular weight is 432 g/mol. The van der Waals surface area contributed by atoms with Gasteiger partial charge in [0.15, 0.2) is 0 Å². The fraction of sp³-hybridized carbons (Fsp3) is 0.364. The fourth-order valence-electron chi connectivity index (χ4n) is 3.02. The van der Waals surface area contributed by atoms with Gasteiger partial charge in [0.1, 0.15) is 6.04 Å². The van der Waals surface area contributed by atoms with Crippen molar-refractivity contribution in [1.29, 1.82) is 0 Å². The van der Waals surface area contributed by atoms with Crippen molar-refractivity contribution in [1.82, 2.24) is 14.5 Å². The lowest BCUT2D eigenvalue weighted by Crippen LogP contribution is -2.52. The first kappa shape index (κ1) is 23.6. The average Bonchev–Trinajstić information content (AvgIpc) is 2.71. The number of nitrogens with one attached hydrogen (secondary N) is 1. The van der Waals surface area contributed by atoms with Crippen LogP contribution in [-0.4, -0.2) is 61.9 Å². The maximum atomic E-state index is 13.2. The van der Waals surface area contributed by atoms with Crippen LogP contribution in [0.3, 0.4) is 0 Å². The molecule has 0 aliphatic carbocycles. The zero-order valence-corrected chi connectivity index (χ0v) is 18.4. The molecular weight excluding hydrogens is 402 g/mol. The molecule has 0 aliphatic heterocycles. The molecule has 1 N–H and O–H groups in total. The highest BCUT2D eigenvalue weighted by atomic mass is 32.2. The predicted octanol–water partition coefficient (Wildman–Crippen LogP) is 1.65. The van der Waals surface area contributed by atoms with Gasteiger partial charge in [-0.25, -0.2) is 8.42 Å². The molecule has 8 heteroatoms. The van der Waals surface area contributed by atoms with Gasteiger partial charge in [-0.3, -0.25) is 9.59 Å². The summed E-state index contributed by atoms with van der Waals surface area (Å²) in [5.41, 5.74) is 1.77. The molecule has 2 aromatic carbocycles. The molecule has 7 nitrogen and oxygen atoms in total. The van der Waals surface area contributed by atoms with Crippen molar-refractivity contribution in [2.75, 3.05) is 26.4 Å². The first-order valence-corrected chi connectivity index (χ1v) is 11.6. The van der Waals surface area contributed by atoms with Gasteiger partial charge < -0.3 is 10.2 Å². The number of carbonyl (C=O) groups is 2. The number of carbonyl (C=O) groups excluding carboxylic acids is 2. The molecule has 2 aromatic rings. The molecule has 0 bridgehead atoms. The zero-order chi connectivity index (χ0) is 22.1. The van der Waals surface area contributed by atoms with Crippen LogP contribution in [0.4, 0.5) is 0 Å². The summed E-state index contributed by atoms with van der Waals surface area (Å²) in [6, 6.07) is 18.0. The molecule has 0 saturated carbocycles. The van der Waals surface area contributed by atoms with Crippen LogP contribution >= 0.6 is 0 Å². The highest BCUT2D eigenvalue weighted by molar-refractivity contribution is 7.88. The van der Waals surface area contributed by atoms with Crippen molar-refractivity contribution in [3.05, 3.63) is 71.8 Å². The molecular formula is C22H29N3O4S. The second kappa shape index (κ2) is 10.9. The zero-order valence-electron chi connectivity index (χ0n) is 17.6. The summed E-state index contributed by atoms with van der Waals surface area (Å²) < 4.78 is 24.6. The van der Waals surface area contributed by atoms with Gasteiger partial charge in [-0.2, -0.15) is 4.31 Å². The summed E-state index contributed by atoms with van der Waals surface area (Å²) in [4.78, 5) is 27.6. The van der Waals surface area contributed by atoms with Crippen molar-refractivity contribution in [3.8, 4) is 0 Å². The summed E-state index contributed by atoms with van der Waals surface area (Å²) in [5, 5.41) is 2.81. The Morgan fingerprint density at radius 2 is 1.50 bits per heavy atom. The highest BCUT2D eigenvalue weighted by Gasteiger charge is 2.31. The number of hydrogen-bond donors (Lipinski definition) is 1. The van der Waals surface area contributed by atoms with Crippen molar-refractivity contribution in [2.45, 2.75) is 25.9 Å². The molecule has 2 amide bonds. The molecule has 1 atom stereocenters. The molecule has 0 heterocycles. The van der Waals surface area contributed by atoms with E-state index in [1.807, 2.05) is 67.6 Å². The Bertz CT molecular complexity index is 933. The third-order valence-corrected chi connectivity index (χ3v) is 6.00. The largest absolute Gasteiger partial charge is 0.355 e. The van der Waals surface area contributed by atoms with E-state index in [0.717, 1.165) is 21.7 Å². The van der Waals surface area contributed by atoms with Gasteiger partial charge in [-0.15, -0.1) is 0 Å². The van der Waals surface area contributed by atoms with Crippen LogP contribution in [0.15, 0.2) is 60.7 Å². The van der Waals surface area contributed by atoms with Crippen LogP contribution in [0.25, 0.3) is 0 Å². The molecule has 0 radical (unpaired) electrons. The molecule has 0 unspecified atom stereocenters. The second-order valence-corrected chi connectivity index (χ2v) is 9.22. The Labute approximate surface area is 178 Å². The van der Waals surface area contributed by atoms with E-state index in [1.165, 1.54) is 11.9 Å². The van der Waals surface area contributed by atoms with E-state index < -0.39 is 22.0 Å². The minimum Gasteiger partial charge on any atom is -0.355 e. The molecule has 0 saturated heterocycles. The van der Waals surface area contributed by atoms with Gasteiger partial charge in [0.05, 0.1) is 12.8 Å². The van der Waals surface area contributed by atoms with Crippen molar-refractivity contribution in [2.24, 2.45) is 0 Å². The number of hydrogen-bond acceptors (Lipinski definition) is 4. The Balaban J connectivity index is 2.39. The lowest BCUT2D eigenvalue weighted by Gasteiger charge is -2.32. The number of likely N-dealkylation sites (N-methyl/N-ethyl adjacent to an activating group) is 2. The Kier molecular flexibility index (Phi) is 8.56. The Morgan fingerprint density at radius 1 is 0.967 bits per heavy atom. The van der Waals surface area contributed by atoms with Gasteiger partial charge in [0.2, 0.25) is 21.8 Å². The minimum atomic E-state index is -3.53. The SMILES string of the molecule is CCNC(=O)[C@H](Cc1ccccc1)N(Cc1ccccc1)C(=O)CN(C)S(C)(=O)=O. The van der Waals surface area contributed by atoms with E-state index in [-0.39, 0.29) is 19.0 Å². The normalized spacial score (nSPS) is 12.4. The summed E-state index contributed by atoms with van der Waals surface area (Å²) in [5.74, 6) is -0.702. The van der Waals surface area contributed by atoms with Crippen molar-refractivity contribution in [3.63, 3.8) is 0 Å². The number of benzene rings is 2. The fourth-order valence-corrected chi connectivity index (χ4v) is 3.37. The number of nitrogens with zero attached hydrogens (tertiary/aromatic N) is 2. The molecule has 2 rings (SSSR count). The van der Waals surface area contributed by atoms with Crippen molar-refractivity contribution >= 4 is 21.8 Å². The smallest absolute Gasteiger partial charge is 0.243 e. The summed E-state index contributed by atoms with van der Waals surface area (Å²) in [7, 11) is -2.18. The van der Waals surface area contributed by atoms with Crippen LogP contribution < -0.4 is 5.32 Å². The first-order valence-electron chi connectivity index (χ1n) is 9.78. The van der Waals surface area contributed by atoms with E-state index >= 15 is 0 Å². The second-order valence-electron chi connectivity index (χ2n) is 7.13. The van der Waals surface area contributed by atoms with Gasteiger partial charge in [0, 0.05) is 26.6 Å². The monoisotopic (exact) mass is 431 g/mol. The van der Waals surface area contributed by atoms with E-state index in [2.05, 4.69) is 5.32 Å². The quantitative estimate of drug-likeness (QED) is 0.620. The van der Waals surface area contributed by atoms with Gasteiger partial charge in [-0.05, 0) is 18.1 Å². The third-order valence-electron chi connectivity index (χ3n) is 4.74. The summed E-state index contributed by atoms with van der Waals surface area (Å²) in [6.45, 7) is 2.11. The Hall–Kier alpha value is -2.71. The number of amides is 2.